The molecule has 2 heteroatoms. The summed E-state index contributed by atoms with van der Waals surface area (Å²) in [5, 5.41) is 3.50. The molecule has 0 fully saturated rings. The molecule has 0 saturated heterocycles. The number of likely N-dealkylation sites (N-methyl/N-ethyl adjacent to an activating group) is 1. The second-order valence-electron chi connectivity index (χ2n) is 3.68. The monoisotopic (exact) mass is 176 g/mol. The molecule has 0 bridgehead atoms. The molecule has 2 rings (SSSR count). The Morgan fingerprint density at radius 2 is 2.31 bits per heavy atom. The molecular weight excluding hydrogens is 160 g/mol. The zero-order chi connectivity index (χ0) is 9.42. The third kappa shape index (κ3) is 1.26. The lowest BCUT2D eigenvalue weighted by Crippen LogP contribution is -2.40. The van der Waals surface area contributed by atoms with E-state index in [4.69, 9.17) is 0 Å². The van der Waals surface area contributed by atoms with Crippen molar-refractivity contribution in [1.29, 1.82) is 0 Å². The zero-order valence-corrected chi connectivity index (χ0v) is 8.46. The zero-order valence-electron chi connectivity index (χ0n) is 8.46. The van der Waals surface area contributed by atoms with E-state index in [1.54, 1.807) is 0 Å². The molecule has 13 heavy (non-hydrogen) atoms. The average Bonchev–Trinajstić information content (AvgIpc) is 2.47. The fourth-order valence-corrected chi connectivity index (χ4v) is 1.90. The van der Waals surface area contributed by atoms with Gasteiger partial charge in [0.05, 0.1) is 0 Å². The molecule has 2 nitrogen and oxygen atoms in total. The van der Waals surface area contributed by atoms with Gasteiger partial charge in [-0.1, -0.05) is 13.0 Å². The third-order valence-electron chi connectivity index (χ3n) is 2.78. The van der Waals surface area contributed by atoms with Gasteiger partial charge in [-0.15, -0.1) is 0 Å². The van der Waals surface area contributed by atoms with Crippen LogP contribution >= 0.6 is 0 Å². The van der Waals surface area contributed by atoms with E-state index in [0.29, 0.717) is 6.17 Å². The molecule has 0 aliphatic carbocycles. The molecule has 1 atom stereocenters. The Hall–Kier alpha value is -1.18. The molecule has 0 aromatic rings. The third-order valence-corrected chi connectivity index (χ3v) is 2.78. The molecule has 1 unspecified atom stereocenters. The molecule has 0 radical (unpaired) electrons. The van der Waals surface area contributed by atoms with Crippen molar-refractivity contribution in [3.8, 4) is 0 Å². The molecule has 2 heterocycles. The van der Waals surface area contributed by atoms with Crippen LogP contribution in [0.25, 0.3) is 0 Å². The molecule has 1 N–H and O–H groups in total. The average molecular weight is 176 g/mol. The standard InChI is InChI=1S/C11H16N2/c1-4-9-7-10-5-6-13(3)11(10)12-8(9)2/h5-7,11-12H,4H2,1-3H3. The summed E-state index contributed by atoms with van der Waals surface area (Å²) in [6, 6.07) is 0. The number of dihydropyridines is 1. The van der Waals surface area contributed by atoms with Crippen LogP contribution in [0.15, 0.2) is 35.2 Å². The maximum Gasteiger partial charge on any atom is 0.125 e. The van der Waals surface area contributed by atoms with Crippen molar-refractivity contribution in [1.82, 2.24) is 10.2 Å². The van der Waals surface area contributed by atoms with Gasteiger partial charge in [0.15, 0.2) is 0 Å². The smallest absolute Gasteiger partial charge is 0.125 e. The van der Waals surface area contributed by atoms with Gasteiger partial charge >= 0.3 is 0 Å². The van der Waals surface area contributed by atoms with E-state index in [2.05, 4.69) is 49.5 Å². The molecule has 70 valence electrons. The van der Waals surface area contributed by atoms with Gasteiger partial charge in [0.2, 0.25) is 0 Å². The van der Waals surface area contributed by atoms with E-state index in [0.717, 1.165) is 6.42 Å². The highest BCUT2D eigenvalue weighted by Crippen LogP contribution is 2.25. The maximum atomic E-state index is 3.50. The number of nitrogens with zero attached hydrogens (tertiary/aromatic N) is 1. The van der Waals surface area contributed by atoms with Crippen molar-refractivity contribution < 1.29 is 0 Å². The number of hydrogen-bond acceptors (Lipinski definition) is 2. The molecule has 0 aromatic carbocycles. The first-order chi connectivity index (χ1) is 6.22. The lowest BCUT2D eigenvalue weighted by molar-refractivity contribution is 0.352. The minimum Gasteiger partial charge on any atom is -0.365 e. The Morgan fingerprint density at radius 1 is 1.54 bits per heavy atom. The summed E-state index contributed by atoms with van der Waals surface area (Å²) in [6.07, 6.45) is 8.08. The topological polar surface area (TPSA) is 15.3 Å². The van der Waals surface area contributed by atoms with Gasteiger partial charge in [0.25, 0.3) is 0 Å². The fraction of sp³-hybridized carbons (Fsp3) is 0.455. The van der Waals surface area contributed by atoms with Gasteiger partial charge < -0.3 is 10.2 Å². The SMILES string of the molecule is CCC1=C(C)NC2C(=C1)C=CN2C. The van der Waals surface area contributed by atoms with E-state index in [9.17, 15) is 0 Å². The highest BCUT2D eigenvalue weighted by atomic mass is 15.3. The van der Waals surface area contributed by atoms with Crippen molar-refractivity contribution in [3.63, 3.8) is 0 Å². The van der Waals surface area contributed by atoms with Crippen molar-refractivity contribution in [3.05, 3.63) is 35.2 Å². The number of allylic oxidation sites excluding steroid dienone is 3. The van der Waals surface area contributed by atoms with Gasteiger partial charge in [0.1, 0.15) is 6.17 Å². The van der Waals surface area contributed by atoms with Crippen molar-refractivity contribution in [2.75, 3.05) is 7.05 Å². The van der Waals surface area contributed by atoms with Crippen LogP contribution in [-0.2, 0) is 0 Å². The highest BCUT2D eigenvalue weighted by Gasteiger charge is 2.24. The van der Waals surface area contributed by atoms with Crippen molar-refractivity contribution in [2.24, 2.45) is 0 Å². The first-order valence-electron chi connectivity index (χ1n) is 4.80. The van der Waals surface area contributed by atoms with E-state index < -0.39 is 0 Å². The Balaban J connectivity index is 2.31. The van der Waals surface area contributed by atoms with E-state index in [-0.39, 0.29) is 0 Å². The summed E-state index contributed by atoms with van der Waals surface area (Å²) < 4.78 is 0. The van der Waals surface area contributed by atoms with Crippen LogP contribution in [0, 0.1) is 0 Å². The van der Waals surface area contributed by atoms with Gasteiger partial charge in [-0.3, -0.25) is 0 Å². The molecule has 0 amide bonds. The summed E-state index contributed by atoms with van der Waals surface area (Å²) in [4.78, 5) is 2.20. The molecule has 2 aliphatic rings. The van der Waals surface area contributed by atoms with E-state index >= 15 is 0 Å². The minimum atomic E-state index is 0.371. The van der Waals surface area contributed by atoms with Crippen molar-refractivity contribution >= 4 is 0 Å². The lowest BCUT2D eigenvalue weighted by atomic mass is 10.0. The summed E-state index contributed by atoms with van der Waals surface area (Å²) in [5.41, 5.74) is 4.11. The van der Waals surface area contributed by atoms with Crippen LogP contribution in [0.1, 0.15) is 20.3 Å². The van der Waals surface area contributed by atoms with Gasteiger partial charge in [-0.25, -0.2) is 0 Å². The van der Waals surface area contributed by atoms with Crippen molar-refractivity contribution in [2.45, 2.75) is 26.4 Å². The number of rotatable bonds is 1. The van der Waals surface area contributed by atoms with Crippen LogP contribution < -0.4 is 5.32 Å². The molecule has 0 spiro atoms. The predicted molar refractivity (Wildman–Crippen MR) is 54.9 cm³/mol. The molecular formula is C11H16N2. The van der Waals surface area contributed by atoms with Gasteiger partial charge in [-0.05, 0) is 30.6 Å². The second-order valence-corrected chi connectivity index (χ2v) is 3.68. The van der Waals surface area contributed by atoms with Crippen LogP contribution in [0.3, 0.4) is 0 Å². The van der Waals surface area contributed by atoms with Gasteiger partial charge in [-0.2, -0.15) is 0 Å². The Kier molecular flexibility index (Phi) is 1.91. The summed E-state index contributed by atoms with van der Waals surface area (Å²) in [5.74, 6) is 0. The second kappa shape index (κ2) is 2.95. The van der Waals surface area contributed by atoms with Crippen LogP contribution in [0.2, 0.25) is 0 Å². The number of hydrogen-bond donors (Lipinski definition) is 1. The quantitative estimate of drug-likeness (QED) is 0.657. The lowest BCUT2D eigenvalue weighted by Gasteiger charge is -2.29. The Labute approximate surface area is 79.6 Å². The predicted octanol–water partition coefficient (Wildman–Crippen LogP) is 1.99. The van der Waals surface area contributed by atoms with Crippen LogP contribution in [0.5, 0.6) is 0 Å². The highest BCUT2D eigenvalue weighted by molar-refractivity contribution is 5.42. The fourth-order valence-electron chi connectivity index (χ4n) is 1.90. The first-order valence-corrected chi connectivity index (χ1v) is 4.80. The summed E-state index contributed by atoms with van der Waals surface area (Å²) >= 11 is 0. The number of fused-ring (bicyclic) bond motifs is 1. The Morgan fingerprint density at radius 3 is 3.00 bits per heavy atom. The largest absolute Gasteiger partial charge is 0.365 e. The minimum absolute atomic E-state index is 0.371. The van der Waals surface area contributed by atoms with E-state index in [1.165, 1.54) is 16.8 Å². The maximum absolute atomic E-state index is 3.50. The molecule has 0 aromatic heterocycles. The van der Waals surface area contributed by atoms with Crippen LogP contribution in [0.4, 0.5) is 0 Å². The molecule has 0 saturated carbocycles. The molecule has 2 aliphatic heterocycles. The normalized spacial score (nSPS) is 25.9. The van der Waals surface area contributed by atoms with E-state index in [1.807, 2.05) is 0 Å². The van der Waals surface area contributed by atoms with Crippen LogP contribution in [-0.4, -0.2) is 18.1 Å². The van der Waals surface area contributed by atoms with Gasteiger partial charge in [0, 0.05) is 18.9 Å². The Bertz CT molecular complexity index is 310. The number of nitrogens with one attached hydrogen (secondary N) is 1. The first kappa shape index (κ1) is 8.42. The summed E-state index contributed by atoms with van der Waals surface area (Å²) in [7, 11) is 2.10. The summed E-state index contributed by atoms with van der Waals surface area (Å²) in [6.45, 7) is 4.35.